The second-order valence-corrected chi connectivity index (χ2v) is 14.3. The molecule has 6 rings (SSSR count). The third kappa shape index (κ3) is 8.42. The number of hydrogen-bond donors (Lipinski definition) is 0. The Kier molecular flexibility index (Phi) is 11.4. The summed E-state index contributed by atoms with van der Waals surface area (Å²) in [7, 11) is 3.93. The third-order valence-electron chi connectivity index (χ3n) is 8.43. The first-order valence-electron chi connectivity index (χ1n) is 15.6. The predicted octanol–water partition coefficient (Wildman–Crippen LogP) is 7.68. The minimum Gasteiger partial charge on any atom is -0.488 e. The van der Waals surface area contributed by atoms with Crippen LogP contribution < -0.4 is 9.47 Å². The standard InChI is InChI=1S/C36H36Cl2N2O6S2/c1-39-13-9-25-27(37)3-5-29(43-19-23-11-15-47-21-23)35(25)31(17-39)45-33(41)7-8-34(42)46-32-18-40(2)14-10-26-28(38)4-6-30(36(26)32)44-20-24-12-16-48-22-24/h3-8,11-12,15-16,21-22,31-32H,9-10,13-14,17-20H2,1-2H3/b8-7-. The van der Waals surface area contributed by atoms with E-state index in [0.29, 0.717) is 60.7 Å². The maximum Gasteiger partial charge on any atom is 0.331 e. The van der Waals surface area contributed by atoms with E-state index in [1.54, 1.807) is 22.7 Å². The molecule has 0 aliphatic carbocycles. The summed E-state index contributed by atoms with van der Waals surface area (Å²) in [5.74, 6) is -0.126. The van der Waals surface area contributed by atoms with Gasteiger partial charge in [0.05, 0.1) is 0 Å². The number of halogens is 2. The second kappa shape index (κ2) is 15.9. The Morgan fingerprint density at radius 2 is 1.17 bits per heavy atom. The minimum absolute atomic E-state index is 0.380. The Morgan fingerprint density at radius 3 is 1.56 bits per heavy atom. The van der Waals surface area contributed by atoms with Gasteiger partial charge in [0, 0.05) is 59.5 Å². The van der Waals surface area contributed by atoms with Crippen LogP contribution in [-0.2, 0) is 45.1 Å². The van der Waals surface area contributed by atoms with Crippen LogP contribution in [0.25, 0.3) is 0 Å². The molecule has 2 aromatic carbocycles. The van der Waals surface area contributed by atoms with E-state index in [9.17, 15) is 9.59 Å². The number of carbonyl (C=O) groups excluding carboxylic acids is 2. The fourth-order valence-electron chi connectivity index (χ4n) is 5.99. The zero-order chi connectivity index (χ0) is 33.6. The molecule has 2 aliphatic rings. The summed E-state index contributed by atoms with van der Waals surface area (Å²) in [4.78, 5) is 30.6. The van der Waals surface area contributed by atoms with E-state index >= 15 is 0 Å². The summed E-state index contributed by atoms with van der Waals surface area (Å²) in [6, 6.07) is 11.3. The van der Waals surface area contributed by atoms with E-state index in [-0.39, 0.29) is 0 Å². The molecule has 0 radical (unpaired) electrons. The van der Waals surface area contributed by atoms with Gasteiger partial charge in [-0.2, -0.15) is 22.7 Å². The molecule has 4 aromatic rings. The van der Waals surface area contributed by atoms with Gasteiger partial charge in [-0.25, -0.2) is 9.59 Å². The second-order valence-electron chi connectivity index (χ2n) is 11.9. The number of hydrogen-bond acceptors (Lipinski definition) is 10. The number of carbonyl (C=O) groups is 2. The number of benzene rings is 2. The summed E-state index contributed by atoms with van der Waals surface area (Å²) in [6.07, 6.45) is 2.24. The molecule has 8 nitrogen and oxygen atoms in total. The number of rotatable bonds is 10. The van der Waals surface area contributed by atoms with E-state index in [1.165, 1.54) is 0 Å². The molecule has 0 saturated carbocycles. The van der Waals surface area contributed by atoms with Gasteiger partial charge in [-0.1, -0.05) is 23.2 Å². The van der Waals surface area contributed by atoms with Crippen molar-refractivity contribution >= 4 is 57.8 Å². The molecular weight excluding hydrogens is 691 g/mol. The van der Waals surface area contributed by atoms with Crippen molar-refractivity contribution < 1.29 is 28.5 Å². The van der Waals surface area contributed by atoms with Crippen molar-refractivity contribution in [3.05, 3.63) is 113 Å². The lowest BCUT2D eigenvalue weighted by atomic mass is 9.99. The van der Waals surface area contributed by atoms with Gasteiger partial charge in [-0.05, 0) is 107 Å². The van der Waals surface area contributed by atoms with Crippen LogP contribution >= 0.6 is 45.9 Å². The summed E-state index contributed by atoms with van der Waals surface area (Å²) in [5.41, 5.74) is 5.37. The van der Waals surface area contributed by atoms with Crippen LogP contribution in [0, 0.1) is 0 Å². The molecule has 0 N–H and O–H groups in total. The molecule has 0 amide bonds. The van der Waals surface area contributed by atoms with Gasteiger partial charge in [0.25, 0.3) is 0 Å². The van der Waals surface area contributed by atoms with Crippen LogP contribution in [0.5, 0.6) is 11.5 Å². The van der Waals surface area contributed by atoms with Crippen LogP contribution in [0.4, 0.5) is 0 Å². The van der Waals surface area contributed by atoms with Gasteiger partial charge in [-0.3, -0.25) is 0 Å². The smallest absolute Gasteiger partial charge is 0.331 e. The fourth-order valence-corrected chi connectivity index (χ4v) is 7.82. The molecule has 2 atom stereocenters. The molecular formula is C36H36Cl2N2O6S2. The van der Waals surface area contributed by atoms with Crippen molar-refractivity contribution in [2.45, 2.75) is 38.3 Å². The zero-order valence-electron chi connectivity index (χ0n) is 26.7. The SMILES string of the molecule is CN1CCc2c(Cl)ccc(OCc3ccsc3)c2C(OC(=O)/C=C\C(=O)OC2CN(C)CCc3c(Cl)ccc(OCc4ccsc4)c32)C1. The average Bonchev–Trinajstić information content (AvgIpc) is 3.73. The van der Waals surface area contributed by atoms with Gasteiger partial charge < -0.3 is 28.7 Å². The molecule has 2 unspecified atom stereocenters. The number of esters is 2. The van der Waals surface area contributed by atoms with E-state index < -0.39 is 24.1 Å². The largest absolute Gasteiger partial charge is 0.488 e. The Bertz CT molecular complexity index is 1630. The molecule has 2 aliphatic heterocycles. The van der Waals surface area contributed by atoms with Crippen LogP contribution in [0.15, 0.2) is 70.1 Å². The number of likely N-dealkylation sites (N-methyl/N-ethyl adjacent to an activating group) is 2. The first-order valence-corrected chi connectivity index (χ1v) is 18.3. The molecule has 252 valence electrons. The van der Waals surface area contributed by atoms with Crippen molar-refractivity contribution in [1.82, 2.24) is 9.80 Å². The van der Waals surface area contributed by atoms with Crippen molar-refractivity contribution in [3.8, 4) is 11.5 Å². The Labute approximate surface area is 298 Å². The normalized spacial score (nSPS) is 18.4. The molecule has 48 heavy (non-hydrogen) atoms. The quantitative estimate of drug-likeness (QED) is 0.122. The van der Waals surface area contributed by atoms with Gasteiger partial charge in [-0.15, -0.1) is 0 Å². The highest BCUT2D eigenvalue weighted by Crippen LogP contribution is 2.40. The molecule has 4 heterocycles. The Balaban J connectivity index is 1.18. The van der Waals surface area contributed by atoms with Gasteiger partial charge in [0.2, 0.25) is 0 Å². The molecule has 0 spiro atoms. The molecule has 0 bridgehead atoms. The van der Waals surface area contributed by atoms with E-state index in [0.717, 1.165) is 58.6 Å². The van der Waals surface area contributed by atoms with E-state index in [4.69, 9.17) is 42.1 Å². The Morgan fingerprint density at radius 1 is 0.729 bits per heavy atom. The monoisotopic (exact) mass is 726 g/mol. The van der Waals surface area contributed by atoms with Crippen LogP contribution in [-0.4, -0.2) is 62.0 Å². The fraction of sp³-hybridized carbons (Fsp3) is 0.333. The lowest BCUT2D eigenvalue weighted by Crippen LogP contribution is -2.27. The predicted molar refractivity (Wildman–Crippen MR) is 189 cm³/mol. The molecule has 2 aromatic heterocycles. The number of ether oxygens (including phenoxy) is 4. The van der Waals surface area contributed by atoms with Crippen molar-refractivity contribution in [2.75, 3.05) is 40.3 Å². The molecule has 0 saturated heterocycles. The summed E-state index contributed by atoms with van der Waals surface area (Å²) >= 11 is 16.5. The topological polar surface area (TPSA) is 77.5 Å². The summed E-state index contributed by atoms with van der Waals surface area (Å²) in [5, 5.41) is 9.25. The van der Waals surface area contributed by atoms with Crippen molar-refractivity contribution in [1.29, 1.82) is 0 Å². The molecule has 12 heteroatoms. The lowest BCUT2D eigenvalue weighted by Gasteiger charge is -2.24. The highest BCUT2D eigenvalue weighted by Gasteiger charge is 2.31. The Hall–Kier alpha value is -3.38. The first-order chi connectivity index (χ1) is 23.2. The maximum atomic E-state index is 13.2. The maximum absolute atomic E-state index is 13.2. The molecule has 0 fully saturated rings. The van der Waals surface area contributed by atoms with Crippen LogP contribution in [0.2, 0.25) is 10.0 Å². The summed E-state index contributed by atoms with van der Waals surface area (Å²) in [6.45, 7) is 3.10. The first kappa shape index (κ1) is 34.5. The van der Waals surface area contributed by atoms with Gasteiger partial charge in [0.1, 0.15) is 36.9 Å². The number of fused-ring (bicyclic) bond motifs is 2. The average molecular weight is 728 g/mol. The van der Waals surface area contributed by atoms with Crippen LogP contribution in [0.1, 0.15) is 45.6 Å². The highest BCUT2D eigenvalue weighted by molar-refractivity contribution is 7.08. The van der Waals surface area contributed by atoms with Crippen molar-refractivity contribution in [2.24, 2.45) is 0 Å². The van der Waals surface area contributed by atoms with Gasteiger partial charge >= 0.3 is 11.9 Å². The van der Waals surface area contributed by atoms with Crippen molar-refractivity contribution in [3.63, 3.8) is 0 Å². The highest BCUT2D eigenvalue weighted by atomic mass is 35.5. The summed E-state index contributed by atoms with van der Waals surface area (Å²) < 4.78 is 24.4. The van der Waals surface area contributed by atoms with E-state index in [2.05, 4.69) is 9.80 Å². The number of nitrogens with zero attached hydrogens (tertiary/aromatic N) is 2. The van der Waals surface area contributed by atoms with Crippen LogP contribution in [0.3, 0.4) is 0 Å². The lowest BCUT2D eigenvalue weighted by molar-refractivity contribution is -0.147. The zero-order valence-corrected chi connectivity index (χ0v) is 29.8. The minimum atomic E-state index is -0.678. The van der Waals surface area contributed by atoms with Gasteiger partial charge in [0.15, 0.2) is 0 Å². The van der Waals surface area contributed by atoms with E-state index in [1.807, 2.05) is 72.0 Å². The number of thiophene rings is 2. The third-order valence-corrected chi connectivity index (χ3v) is 10.6.